The predicted octanol–water partition coefficient (Wildman–Crippen LogP) is 3.94. The van der Waals surface area contributed by atoms with Crippen molar-refractivity contribution in [1.82, 2.24) is 25.1 Å². The summed E-state index contributed by atoms with van der Waals surface area (Å²) in [6, 6.07) is 12.5. The number of carbonyl (C=O) groups is 1. The lowest BCUT2D eigenvalue weighted by Gasteiger charge is -2.08. The van der Waals surface area contributed by atoms with Gasteiger partial charge in [-0.2, -0.15) is 5.10 Å². The largest absolute Gasteiger partial charge is 0.438 e. The number of rotatable bonds is 7. The Morgan fingerprint density at radius 3 is 2.48 bits per heavy atom. The lowest BCUT2D eigenvalue weighted by Crippen LogP contribution is -2.12. The Bertz CT molecular complexity index is 1160. The Balaban J connectivity index is 1.31. The number of carbonyl (C=O) groups excluding carboxylic acids is 1. The Labute approximate surface area is 179 Å². The first-order valence-corrected chi connectivity index (χ1v) is 9.84. The first kappa shape index (κ1) is 20.3. The maximum Gasteiger partial charge on any atom is 0.238 e. The molecule has 0 saturated carbocycles. The molecule has 158 valence electrons. The van der Waals surface area contributed by atoms with E-state index >= 15 is 0 Å². The van der Waals surface area contributed by atoms with Gasteiger partial charge in [-0.25, -0.2) is 4.68 Å². The summed E-state index contributed by atoms with van der Waals surface area (Å²) in [6.07, 6.45) is 2.75. The highest BCUT2D eigenvalue weighted by Gasteiger charge is 2.11. The van der Waals surface area contributed by atoms with E-state index in [4.69, 9.17) is 9.26 Å². The topological polar surface area (TPSA) is 108 Å². The molecule has 0 fully saturated rings. The lowest BCUT2D eigenvalue weighted by atomic mass is 10.1. The number of nitrogens with one attached hydrogen (secondary N) is 1. The van der Waals surface area contributed by atoms with Crippen molar-refractivity contribution >= 4 is 11.6 Å². The summed E-state index contributed by atoms with van der Waals surface area (Å²) in [7, 11) is 0. The molecular weight excluding hydrogens is 396 g/mol. The van der Waals surface area contributed by atoms with Crippen LogP contribution in [0.1, 0.15) is 29.1 Å². The number of hydrogen-bond donors (Lipinski definition) is 1. The average Bonchev–Trinajstić information content (AvgIpc) is 3.34. The SMILES string of the molecule is Cc1ccn(-c2ccc(Oc3ccc(NC(=O)CCc4c(C)noc4C)cc3)nn2)n1. The fraction of sp³-hybridized carbons (Fsp3) is 0.227. The lowest BCUT2D eigenvalue weighted by molar-refractivity contribution is -0.116. The van der Waals surface area contributed by atoms with Gasteiger partial charge >= 0.3 is 0 Å². The number of hydrogen-bond acceptors (Lipinski definition) is 7. The molecule has 4 aromatic rings. The fourth-order valence-electron chi connectivity index (χ4n) is 3.08. The van der Waals surface area contributed by atoms with Crippen LogP contribution >= 0.6 is 0 Å². The second-order valence-electron chi connectivity index (χ2n) is 7.11. The highest BCUT2D eigenvalue weighted by molar-refractivity contribution is 5.90. The summed E-state index contributed by atoms with van der Waals surface area (Å²) in [5.74, 6) is 2.23. The summed E-state index contributed by atoms with van der Waals surface area (Å²) in [5.41, 5.74) is 3.39. The smallest absolute Gasteiger partial charge is 0.238 e. The van der Waals surface area contributed by atoms with Gasteiger partial charge in [0.1, 0.15) is 11.5 Å². The van der Waals surface area contributed by atoms with Crippen LogP contribution < -0.4 is 10.1 Å². The Morgan fingerprint density at radius 2 is 1.87 bits per heavy atom. The van der Waals surface area contributed by atoms with Crippen molar-refractivity contribution in [3.8, 4) is 17.4 Å². The van der Waals surface area contributed by atoms with Crippen LogP contribution in [-0.4, -0.2) is 31.0 Å². The van der Waals surface area contributed by atoms with E-state index in [0.29, 0.717) is 36.0 Å². The van der Waals surface area contributed by atoms with Crippen LogP contribution in [0.15, 0.2) is 53.2 Å². The molecule has 4 rings (SSSR count). The molecule has 0 bridgehead atoms. The second-order valence-corrected chi connectivity index (χ2v) is 7.11. The van der Waals surface area contributed by atoms with Gasteiger partial charge in [0, 0.05) is 29.9 Å². The van der Waals surface area contributed by atoms with Gasteiger partial charge in [0.15, 0.2) is 5.82 Å². The minimum atomic E-state index is -0.0796. The molecule has 0 saturated heterocycles. The number of aromatic nitrogens is 5. The van der Waals surface area contributed by atoms with Gasteiger partial charge in [-0.15, -0.1) is 10.2 Å². The highest BCUT2D eigenvalue weighted by atomic mass is 16.5. The van der Waals surface area contributed by atoms with Gasteiger partial charge < -0.3 is 14.6 Å². The van der Waals surface area contributed by atoms with Crippen molar-refractivity contribution in [2.45, 2.75) is 33.6 Å². The van der Waals surface area contributed by atoms with Gasteiger partial charge in [0.2, 0.25) is 11.8 Å². The number of aryl methyl sites for hydroxylation is 3. The van der Waals surface area contributed by atoms with Crippen LogP contribution in [0, 0.1) is 20.8 Å². The number of benzene rings is 1. The highest BCUT2D eigenvalue weighted by Crippen LogP contribution is 2.22. The van der Waals surface area contributed by atoms with Crippen molar-refractivity contribution in [2.75, 3.05) is 5.32 Å². The Hall–Kier alpha value is -4.01. The van der Waals surface area contributed by atoms with E-state index in [1.54, 1.807) is 41.1 Å². The molecule has 0 aliphatic rings. The molecule has 9 nitrogen and oxygen atoms in total. The first-order valence-electron chi connectivity index (χ1n) is 9.84. The average molecular weight is 418 g/mol. The van der Waals surface area contributed by atoms with Crippen molar-refractivity contribution in [3.05, 3.63) is 71.4 Å². The molecule has 9 heteroatoms. The zero-order chi connectivity index (χ0) is 21.8. The number of anilines is 1. The molecule has 31 heavy (non-hydrogen) atoms. The summed E-state index contributed by atoms with van der Waals surface area (Å²) in [5, 5.41) is 19.3. The van der Waals surface area contributed by atoms with Crippen LogP contribution in [0.3, 0.4) is 0 Å². The normalized spacial score (nSPS) is 10.8. The zero-order valence-electron chi connectivity index (χ0n) is 17.5. The van der Waals surface area contributed by atoms with Crippen molar-refractivity contribution in [1.29, 1.82) is 0 Å². The van der Waals surface area contributed by atoms with Crippen molar-refractivity contribution in [3.63, 3.8) is 0 Å². The van der Waals surface area contributed by atoms with Gasteiger partial charge in [-0.1, -0.05) is 5.16 Å². The molecule has 1 N–H and O–H groups in total. The molecular formula is C22H22N6O3. The van der Waals surface area contributed by atoms with Crippen molar-refractivity contribution in [2.24, 2.45) is 0 Å². The summed E-state index contributed by atoms with van der Waals surface area (Å²) in [4.78, 5) is 12.2. The summed E-state index contributed by atoms with van der Waals surface area (Å²) < 4.78 is 12.5. The van der Waals surface area contributed by atoms with Crippen LogP contribution in [-0.2, 0) is 11.2 Å². The molecule has 3 aromatic heterocycles. The van der Waals surface area contributed by atoms with Crippen LogP contribution in [0.25, 0.3) is 5.82 Å². The third kappa shape index (κ3) is 4.95. The molecule has 0 aliphatic heterocycles. The maximum absolute atomic E-state index is 12.2. The van der Waals surface area contributed by atoms with Crippen LogP contribution in [0.2, 0.25) is 0 Å². The zero-order valence-corrected chi connectivity index (χ0v) is 17.5. The van der Waals surface area contributed by atoms with Crippen LogP contribution in [0.4, 0.5) is 5.69 Å². The molecule has 0 unspecified atom stereocenters. The predicted molar refractivity (Wildman–Crippen MR) is 113 cm³/mol. The maximum atomic E-state index is 12.2. The van der Waals surface area contributed by atoms with E-state index in [1.165, 1.54) is 0 Å². The molecule has 1 aromatic carbocycles. The monoisotopic (exact) mass is 418 g/mol. The van der Waals surface area contributed by atoms with E-state index in [9.17, 15) is 4.79 Å². The molecule has 0 spiro atoms. The number of amides is 1. The minimum Gasteiger partial charge on any atom is -0.438 e. The molecule has 3 heterocycles. The molecule has 1 amide bonds. The molecule has 0 radical (unpaired) electrons. The number of nitrogens with zero attached hydrogens (tertiary/aromatic N) is 5. The van der Waals surface area contributed by atoms with Gasteiger partial charge in [0.25, 0.3) is 0 Å². The third-order valence-electron chi connectivity index (χ3n) is 4.73. The Kier molecular flexibility index (Phi) is 5.74. The molecule has 0 atom stereocenters. The molecule has 0 aliphatic carbocycles. The van der Waals surface area contributed by atoms with Gasteiger partial charge in [-0.3, -0.25) is 4.79 Å². The van der Waals surface area contributed by atoms with E-state index in [2.05, 4.69) is 25.8 Å². The van der Waals surface area contributed by atoms with Gasteiger partial charge in [0.05, 0.1) is 11.4 Å². The fourth-order valence-corrected chi connectivity index (χ4v) is 3.08. The quantitative estimate of drug-likeness (QED) is 0.484. The summed E-state index contributed by atoms with van der Waals surface area (Å²) in [6.45, 7) is 5.63. The minimum absolute atomic E-state index is 0.0796. The Morgan fingerprint density at radius 1 is 1.06 bits per heavy atom. The third-order valence-corrected chi connectivity index (χ3v) is 4.73. The van der Waals surface area contributed by atoms with Gasteiger partial charge in [-0.05, 0) is 63.6 Å². The first-order chi connectivity index (χ1) is 15.0. The van der Waals surface area contributed by atoms with Crippen LogP contribution in [0.5, 0.6) is 11.6 Å². The van der Waals surface area contributed by atoms with E-state index < -0.39 is 0 Å². The van der Waals surface area contributed by atoms with E-state index in [-0.39, 0.29) is 5.91 Å². The van der Waals surface area contributed by atoms with Crippen molar-refractivity contribution < 1.29 is 14.1 Å². The van der Waals surface area contributed by atoms with E-state index in [0.717, 1.165) is 22.7 Å². The second kappa shape index (κ2) is 8.78. The summed E-state index contributed by atoms with van der Waals surface area (Å²) >= 11 is 0. The standard InChI is InChI=1S/C22H22N6O3/c1-14-12-13-28(26-14)20-9-11-22(25-24-20)30-18-6-4-17(5-7-18)23-21(29)10-8-19-15(2)27-31-16(19)3/h4-7,9,11-13H,8,10H2,1-3H3,(H,23,29). The van der Waals surface area contributed by atoms with E-state index in [1.807, 2.05) is 33.0 Å². The number of ether oxygens (including phenoxy) is 1.